The summed E-state index contributed by atoms with van der Waals surface area (Å²) < 4.78 is 4.15. The Bertz CT molecular complexity index is 583. The lowest BCUT2D eigenvalue weighted by atomic mass is 9.82. The summed E-state index contributed by atoms with van der Waals surface area (Å²) in [6, 6.07) is 16.4. The Hall–Kier alpha value is -0.810. The van der Waals surface area contributed by atoms with Crippen LogP contribution in [-0.2, 0) is 12.0 Å². The zero-order valence-corrected chi connectivity index (χ0v) is 14.8. The Morgan fingerprint density at radius 3 is 2.19 bits per heavy atom. The summed E-state index contributed by atoms with van der Waals surface area (Å²) in [6.45, 7) is 4.23. The standard InChI is InChI=1S/C17H21BrN2S/c1-3-12-4-8-14(9-5-12)17(2,20-21)16(19)13-6-10-15(18)11-7-13/h4-11,16,20-21H,3,19H2,1-2H3. The Kier molecular flexibility index (Phi) is 5.49. The molecule has 0 spiro atoms. The van der Waals surface area contributed by atoms with Crippen LogP contribution in [0.15, 0.2) is 53.0 Å². The monoisotopic (exact) mass is 364 g/mol. The molecule has 112 valence electrons. The number of rotatable bonds is 5. The average Bonchev–Trinajstić information content (AvgIpc) is 2.54. The maximum atomic E-state index is 6.51. The molecule has 2 aromatic rings. The van der Waals surface area contributed by atoms with Crippen LogP contribution in [0.25, 0.3) is 0 Å². The van der Waals surface area contributed by atoms with Crippen molar-refractivity contribution in [3.8, 4) is 0 Å². The van der Waals surface area contributed by atoms with Gasteiger partial charge in [-0.15, -0.1) is 0 Å². The zero-order valence-electron chi connectivity index (χ0n) is 12.3. The smallest absolute Gasteiger partial charge is 0.0693 e. The summed E-state index contributed by atoms with van der Waals surface area (Å²) >= 11 is 7.78. The minimum atomic E-state index is -0.441. The molecule has 2 unspecified atom stereocenters. The average molecular weight is 365 g/mol. The molecule has 0 radical (unpaired) electrons. The van der Waals surface area contributed by atoms with Crippen molar-refractivity contribution in [2.24, 2.45) is 5.73 Å². The fraction of sp³-hybridized carbons (Fsp3) is 0.294. The van der Waals surface area contributed by atoms with E-state index in [1.54, 1.807) is 0 Å². The molecule has 2 nitrogen and oxygen atoms in total. The van der Waals surface area contributed by atoms with Gasteiger partial charge in [0.2, 0.25) is 0 Å². The molecule has 0 aromatic heterocycles. The van der Waals surface area contributed by atoms with Crippen LogP contribution in [-0.4, -0.2) is 0 Å². The van der Waals surface area contributed by atoms with Crippen molar-refractivity contribution < 1.29 is 0 Å². The maximum absolute atomic E-state index is 6.51. The quantitative estimate of drug-likeness (QED) is 0.689. The summed E-state index contributed by atoms with van der Waals surface area (Å²) in [6.07, 6.45) is 1.03. The molecule has 0 bridgehead atoms. The Balaban J connectivity index is 2.36. The lowest BCUT2D eigenvalue weighted by Crippen LogP contribution is -2.44. The van der Waals surface area contributed by atoms with Gasteiger partial charge in [0.15, 0.2) is 0 Å². The van der Waals surface area contributed by atoms with E-state index in [-0.39, 0.29) is 6.04 Å². The van der Waals surface area contributed by atoms with Crippen LogP contribution < -0.4 is 10.5 Å². The minimum Gasteiger partial charge on any atom is -0.322 e. The summed E-state index contributed by atoms with van der Waals surface area (Å²) in [5.41, 5.74) is 9.59. The lowest BCUT2D eigenvalue weighted by molar-refractivity contribution is 0.369. The molecule has 21 heavy (non-hydrogen) atoms. The zero-order chi connectivity index (χ0) is 15.5. The van der Waals surface area contributed by atoms with Crippen molar-refractivity contribution in [3.63, 3.8) is 0 Å². The van der Waals surface area contributed by atoms with E-state index in [4.69, 9.17) is 5.73 Å². The second-order valence-corrected chi connectivity index (χ2v) is 6.53. The Morgan fingerprint density at radius 2 is 1.71 bits per heavy atom. The molecule has 0 fully saturated rings. The van der Waals surface area contributed by atoms with Crippen LogP contribution in [0.2, 0.25) is 0 Å². The van der Waals surface area contributed by atoms with E-state index >= 15 is 0 Å². The Labute approximate surface area is 140 Å². The van der Waals surface area contributed by atoms with Gasteiger partial charge < -0.3 is 5.73 Å². The Morgan fingerprint density at radius 1 is 1.14 bits per heavy atom. The van der Waals surface area contributed by atoms with Crippen LogP contribution in [0.1, 0.15) is 36.6 Å². The van der Waals surface area contributed by atoms with Gasteiger partial charge in [0.25, 0.3) is 0 Å². The second-order valence-electron chi connectivity index (χ2n) is 5.39. The van der Waals surface area contributed by atoms with Crippen LogP contribution >= 0.6 is 28.7 Å². The van der Waals surface area contributed by atoms with E-state index in [9.17, 15) is 0 Å². The van der Waals surface area contributed by atoms with Gasteiger partial charge in [0, 0.05) is 4.47 Å². The topological polar surface area (TPSA) is 38.0 Å². The molecular formula is C17H21BrN2S. The molecule has 0 aliphatic heterocycles. The molecule has 0 heterocycles. The van der Waals surface area contributed by atoms with Gasteiger partial charge in [0.05, 0.1) is 11.6 Å². The predicted molar refractivity (Wildman–Crippen MR) is 96.4 cm³/mol. The number of hydrogen-bond acceptors (Lipinski definition) is 3. The van der Waals surface area contributed by atoms with Gasteiger partial charge in [-0.1, -0.05) is 72.1 Å². The molecule has 0 amide bonds. The summed E-state index contributed by atoms with van der Waals surface area (Å²) in [7, 11) is 0. The first kappa shape index (κ1) is 16.6. The van der Waals surface area contributed by atoms with Crippen molar-refractivity contribution in [2.75, 3.05) is 0 Å². The maximum Gasteiger partial charge on any atom is 0.0693 e. The first-order chi connectivity index (χ1) is 10.0. The first-order valence-corrected chi connectivity index (χ1v) is 8.27. The van der Waals surface area contributed by atoms with Gasteiger partial charge in [-0.2, -0.15) is 0 Å². The highest BCUT2D eigenvalue weighted by Gasteiger charge is 2.33. The van der Waals surface area contributed by atoms with Crippen molar-refractivity contribution >= 4 is 28.7 Å². The van der Waals surface area contributed by atoms with Gasteiger partial charge in [0.1, 0.15) is 0 Å². The molecule has 0 saturated carbocycles. The second kappa shape index (κ2) is 6.97. The summed E-state index contributed by atoms with van der Waals surface area (Å²) in [4.78, 5) is 0. The molecule has 3 N–H and O–H groups in total. The number of hydrogen-bond donors (Lipinski definition) is 3. The normalized spacial score (nSPS) is 15.5. The third kappa shape index (κ3) is 3.51. The van der Waals surface area contributed by atoms with Crippen molar-refractivity contribution in [3.05, 3.63) is 69.7 Å². The molecule has 0 aliphatic rings. The van der Waals surface area contributed by atoms with E-state index in [0.29, 0.717) is 0 Å². The van der Waals surface area contributed by atoms with Crippen LogP contribution in [0.4, 0.5) is 0 Å². The number of benzene rings is 2. The molecule has 2 atom stereocenters. The largest absolute Gasteiger partial charge is 0.322 e. The van der Waals surface area contributed by atoms with Crippen molar-refractivity contribution in [1.82, 2.24) is 4.72 Å². The molecule has 0 aliphatic carbocycles. The highest BCUT2D eigenvalue weighted by molar-refractivity contribution is 9.10. The fourth-order valence-corrected chi connectivity index (χ4v) is 2.94. The van der Waals surface area contributed by atoms with Crippen molar-refractivity contribution in [1.29, 1.82) is 0 Å². The summed E-state index contributed by atoms with van der Waals surface area (Å²) in [5, 5.41) is 0. The van der Waals surface area contributed by atoms with E-state index in [1.165, 1.54) is 5.56 Å². The molecule has 0 saturated heterocycles. The van der Waals surface area contributed by atoms with Gasteiger partial charge in [-0.25, -0.2) is 0 Å². The third-order valence-corrected chi connectivity index (χ3v) is 5.04. The van der Waals surface area contributed by atoms with Crippen LogP contribution in [0.5, 0.6) is 0 Å². The SMILES string of the molecule is CCc1ccc(C(C)(NS)C(N)c2ccc(Br)cc2)cc1. The van der Waals surface area contributed by atoms with E-state index in [1.807, 2.05) is 24.3 Å². The van der Waals surface area contributed by atoms with E-state index in [0.717, 1.165) is 22.0 Å². The molecule has 2 aromatic carbocycles. The molecular weight excluding hydrogens is 344 g/mol. The number of halogens is 1. The van der Waals surface area contributed by atoms with Gasteiger partial charge in [-0.3, -0.25) is 4.72 Å². The lowest BCUT2D eigenvalue weighted by Gasteiger charge is -2.35. The number of thiol groups is 1. The predicted octanol–water partition coefficient (Wildman–Crippen LogP) is 4.36. The highest BCUT2D eigenvalue weighted by Crippen LogP contribution is 2.34. The third-order valence-electron chi connectivity index (χ3n) is 4.05. The van der Waals surface area contributed by atoms with Crippen molar-refractivity contribution in [2.45, 2.75) is 31.8 Å². The fourth-order valence-electron chi connectivity index (χ4n) is 2.40. The number of nitrogens with one attached hydrogen (secondary N) is 1. The van der Waals surface area contributed by atoms with Crippen LogP contribution in [0, 0.1) is 0 Å². The van der Waals surface area contributed by atoms with E-state index < -0.39 is 5.54 Å². The first-order valence-electron chi connectivity index (χ1n) is 7.03. The van der Waals surface area contributed by atoms with Gasteiger partial charge >= 0.3 is 0 Å². The number of nitrogens with two attached hydrogens (primary N) is 1. The minimum absolute atomic E-state index is 0.199. The highest BCUT2D eigenvalue weighted by atomic mass is 79.9. The molecule has 4 heteroatoms. The summed E-state index contributed by atoms with van der Waals surface area (Å²) in [5.74, 6) is 0. The van der Waals surface area contributed by atoms with E-state index in [2.05, 4.69) is 71.6 Å². The van der Waals surface area contributed by atoms with Crippen LogP contribution in [0.3, 0.4) is 0 Å². The van der Waals surface area contributed by atoms with Gasteiger partial charge in [-0.05, 0) is 42.2 Å². The number of aryl methyl sites for hydroxylation is 1. The molecule has 2 rings (SSSR count).